The van der Waals surface area contributed by atoms with Gasteiger partial charge in [0.05, 0.1) is 5.02 Å². The molecule has 70 valence electrons. The van der Waals surface area contributed by atoms with Crippen LogP contribution >= 0.6 is 27.5 Å². The third-order valence-electron chi connectivity index (χ3n) is 1.57. The van der Waals surface area contributed by atoms with Crippen molar-refractivity contribution in [2.75, 3.05) is 5.33 Å². The molecule has 0 saturated heterocycles. The van der Waals surface area contributed by atoms with E-state index in [1.807, 2.05) is 13.0 Å². The van der Waals surface area contributed by atoms with Crippen molar-refractivity contribution in [1.29, 1.82) is 0 Å². The van der Waals surface area contributed by atoms with Gasteiger partial charge in [0.15, 0.2) is 0 Å². The van der Waals surface area contributed by atoms with Crippen molar-refractivity contribution >= 4 is 33.6 Å². The molecule has 0 unspecified atom stereocenters. The fourth-order valence-electron chi connectivity index (χ4n) is 0.925. The Balaban J connectivity index is 2.98. The van der Waals surface area contributed by atoms with Crippen LogP contribution in [-0.2, 0) is 0 Å². The molecule has 0 heterocycles. The zero-order chi connectivity index (χ0) is 9.84. The van der Waals surface area contributed by atoms with Crippen LogP contribution in [0.5, 0.6) is 0 Å². The minimum atomic E-state index is -0.379. The Bertz CT molecular complexity index is 334. The lowest BCUT2D eigenvalue weighted by atomic mass is 10.1. The molecule has 0 spiro atoms. The Morgan fingerprint density at radius 3 is 2.85 bits per heavy atom. The molecule has 0 bridgehead atoms. The molecule has 0 aliphatic rings. The van der Waals surface area contributed by atoms with Gasteiger partial charge in [-0.05, 0) is 24.6 Å². The largest absolute Gasteiger partial charge is 0.205 e. The summed E-state index contributed by atoms with van der Waals surface area (Å²) in [6, 6.07) is 4.69. The first kappa shape index (κ1) is 10.7. The van der Waals surface area contributed by atoms with E-state index in [0.29, 0.717) is 0 Å². The highest BCUT2D eigenvalue weighted by molar-refractivity contribution is 9.09. The molecule has 1 aromatic carbocycles. The monoisotopic (exact) mass is 262 g/mol. The van der Waals surface area contributed by atoms with Crippen molar-refractivity contribution in [3.8, 4) is 0 Å². The van der Waals surface area contributed by atoms with Gasteiger partial charge in [-0.25, -0.2) is 4.39 Å². The summed E-state index contributed by atoms with van der Waals surface area (Å²) < 4.78 is 12.8. The fourth-order valence-corrected chi connectivity index (χ4v) is 1.28. The van der Waals surface area contributed by atoms with Crippen molar-refractivity contribution < 1.29 is 4.39 Å². The molecule has 1 rings (SSSR count). The quantitative estimate of drug-likeness (QED) is 0.699. The highest BCUT2D eigenvalue weighted by Gasteiger charge is 1.98. The zero-order valence-corrected chi connectivity index (χ0v) is 9.49. The van der Waals surface area contributed by atoms with Crippen LogP contribution in [0.15, 0.2) is 23.8 Å². The van der Waals surface area contributed by atoms with E-state index >= 15 is 0 Å². The third kappa shape index (κ3) is 3.12. The van der Waals surface area contributed by atoms with Crippen molar-refractivity contribution in [2.45, 2.75) is 6.92 Å². The van der Waals surface area contributed by atoms with E-state index in [1.54, 1.807) is 12.1 Å². The smallest absolute Gasteiger partial charge is 0.141 e. The molecule has 0 aliphatic carbocycles. The topological polar surface area (TPSA) is 0 Å². The van der Waals surface area contributed by atoms with Crippen LogP contribution in [0, 0.1) is 5.82 Å². The molecule has 0 atom stereocenters. The first-order valence-corrected chi connectivity index (χ1v) is 5.31. The van der Waals surface area contributed by atoms with Crippen LogP contribution in [0.2, 0.25) is 5.02 Å². The van der Waals surface area contributed by atoms with E-state index in [0.717, 1.165) is 10.9 Å². The minimum absolute atomic E-state index is 0.163. The second-order valence-electron chi connectivity index (χ2n) is 2.80. The second kappa shape index (κ2) is 4.77. The summed E-state index contributed by atoms with van der Waals surface area (Å²) in [7, 11) is 0. The summed E-state index contributed by atoms with van der Waals surface area (Å²) in [5, 5.41) is 0.971. The van der Waals surface area contributed by atoms with Gasteiger partial charge in [-0.1, -0.05) is 45.2 Å². The first-order chi connectivity index (χ1) is 6.13. The number of rotatable bonds is 2. The highest BCUT2D eigenvalue weighted by atomic mass is 79.9. The van der Waals surface area contributed by atoms with Crippen LogP contribution in [-0.4, -0.2) is 5.33 Å². The highest BCUT2D eigenvalue weighted by Crippen LogP contribution is 2.18. The van der Waals surface area contributed by atoms with E-state index in [-0.39, 0.29) is 10.8 Å². The minimum Gasteiger partial charge on any atom is -0.205 e. The number of hydrogen-bond acceptors (Lipinski definition) is 0. The Hall–Kier alpha value is -0.340. The third-order valence-corrected chi connectivity index (χ3v) is 2.74. The van der Waals surface area contributed by atoms with E-state index in [2.05, 4.69) is 15.9 Å². The maximum Gasteiger partial charge on any atom is 0.141 e. The molecule has 0 N–H and O–H groups in total. The van der Waals surface area contributed by atoms with Gasteiger partial charge in [0.2, 0.25) is 0 Å². The molecular weight excluding hydrogens is 254 g/mol. The average molecular weight is 264 g/mol. The molecule has 3 heteroatoms. The van der Waals surface area contributed by atoms with E-state index in [9.17, 15) is 4.39 Å². The Kier molecular flexibility index (Phi) is 3.94. The number of alkyl halides is 1. The molecular formula is C10H9BrClF. The standard InChI is InChI=1S/C10H9BrClF/c1-7(6-11)4-8-2-3-10(13)9(12)5-8/h2-5H,6H2,1H3/b7-4-. The van der Waals surface area contributed by atoms with Crippen LogP contribution in [0.25, 0.3) is 6.08 Å². The number of hydrogen-bond donors (Lipinski definition) is 0. The first-order valence-electron chi connectivity index (χ1n) is 3.81. The van der Waals surface area contributed by atoms with Crippen LogP contribution < -0.4 is 0 Å². The molecule has 1 aromatic rings. The summed E-state index contributed by atoms with van der Waals surface area (Å²) in [6.45, 7) is 1.99. The molecule has 13 heavy (non-hydrogen) atoms. The van der Waals surface area contributed by atoms with E-state index < -0.39 is 0 Å². The SMILES string of the molecule is C/C(=C/c1ccc(F)c(Cl)c1)CBr. The van der Waals surface area contributed by atoms with Crippen molar-refractivity contribution in [1.82, 2.24) is 0 Å². The summed E-state index contributed by atoms with van der Waals surface area (Å²) in [5.74, 6) is -0.379. The predicted octanol–water partition coefficient (Wildman–Crippen LogP) is 4.28. The Morgan fingerprint density at radius 1 is 1.62 bits per heavy atom. The fraction of sp³-hybridized carbons (Fsp3) is 0.200. The van der Waals surface area contributed by atoms with Gasteiger partial charge in [-0.2, -0.15) is 0 Å². The lowest BCUT2D eigenvalue weighted by molar-refractivity contribution is 0.628. The predicted molar refractivity (Wildman–Crippen MR) is 58.9 cm³/mol. The van der Waals surface area contributed by atoms with Gasteiger partial charge in [0, 0.05) is 5.33 Å². The van der Waals surface area contributed by atoms with Gasteiger partial charge >= 0.3 is 0 Å². The van der Waals surface area contributed by atoms with Crippen molar-refractivity contribution in [3.63, 3.8) is 0 Å². The summed E-state index contributed by atoms with van der Waals surface area (Å²) >= 11 is 8.95. The summed E-state index contributed by atoms with van der Waals surface area (Å²) in [4.78, 5) is 0. The van der Waals surface area contributed by atoms with E-state index in [4.69, 9.17) is 11.6 Å². The normalized spacial score (nSPS) is 11.8. The van der Waals surface area contributed by atoms with Gasteiger partial charge < -0.3 is 0 Å². The number of allylic oxidation sites excluding steroid dienone is 1. The van der Waals surface area contributed by atoms with Crippen LogP contribution in [0.1, 0.15) is 12.5 Å². The van der Waals surface area contributed by atoms with E-state index in [1.165, 1.54) is 11.6 Å². The maximum atomic E-state index is 12.8. The maximum absolute atomic E-state index is 12.8. The molecule has 0 saturated carbocycles. The van der Waals surface area contributed by atoms with Crippen LogP contribution in [0.4, 0.5) is 4.39 Å². The summed E-state index contributed by atoms with van der Waals surface area (Å²) in [6.07, 6.45) is 1.96. The molecule has 0 radical (unpaired) electrons. The number of halogens is 3. The Labute approximate surface area is 90.5 Å². The van der Waals surface area contributed by atoms with Gasteiger partial charge in [0.1, 0.15) is 5.82 Å². The number of benzene rings is 1. The molecule has 0 nitrogen and oxygen atoms in total. The van der Waals surface area contributed by atoms with Gasteiger partial charge in [-0.3, -0.25) is 0 Å². The second-order valence-corrected chi connectivity index (χ2v) is 3.77. The average Bonchev–Trinajstić information content (AvgIpc) is 2.11. The molecule has 0 amide bonds. The van der Waals surface area contributed by atoms with Crippen LogP contribution in [0.3, 0.4) is 0 Å². The van der Waals surface area contributed by atoms with Gasteiger partial charge in [-0.15, -0.1) is 0 Å². The zero-order valence-electron chi connectivity index (χ0n) is 7.15. The molecule has 0 fully saturated rings. The van der Waals surface area contributed by atoms with Gasteiger partial charge in [0.25, 0.3) is 0 Å². The van der Waals surface area contributed by atoms with Crippen molar-refractivity contribution in [2.24, 2.45) is 0 Å². The molecule has 0 aromatic heterocycles. The lowest BCUT2D eigenvalue weighted by Crippen LogP contribution is -1.81. The summed E-state index contributed by atoms with van der Waals surface area (Å²) in [5.41, 5.74) is 2.09. The Morgan fingerprint density at radius 2 is 2.31 bits per heavy atom. The molecule has 0 aliphatic heterocycles. The lowest BCUT2D eigenvalue weighted by Gasteiger charge is -1.98. The van der Waals surface area contributed by atoms with Crippen molar-refractivity contribution in [3.05, 3.63) is 40.2 Å².